The molecule has 2 N–H and O–H groups in total. The first-order valence-electron chi connectivity index (χ1n) is 5.80. The van der Waals surface area contributed by atoms with Gasteiger partial charge >= 0.3 is 5.97 Å². The van der Waals surface area contributed by atoms with Crippen LogP contribution in [0.4, 0.5) is 0 Å². The minimum atomic E-state index is -1.43. The van der Waals surface area contributed by atoms with Crippen molar-refractivity contribution < 1.29 is 28.9 Å². The van der Waals surface area contributed by atoms with Gasteiger partial charge in [-0.1, -0.05) is 6.07 Å². The van der Waals surface area contributed by atoms with Gasteiger partial charge in [0.25, 0.3) is 5.91 Å². The largest absolute Gasteiger partial charge is 0.496 e. The van der Waals surface area contributed by atoms with Gasteiger partial charge in [-0.15, -0.1) is 0 Å². The summed E-state index contributed by atoms with van der Waals surface area (Å²) in [4.78, 5) is 23.1. The molecule has 0 fully saturated rings. The zero-order chi connectivity index (χ0) is 15.1. The Morgan fingerprint density at radius 1 is 1.20 bits per heavy atom. The standard InChI is InChI=1S/C13H17NO6/c1-18-9-5-4-6-10(19-2)11(9)12(16)14-7-8(15)13(17)20-3/h4-6,8,15H,7H2,1-3H3,(H,14,16). The van der Waals surface area contributed by atoms with E-state index in [9.17, 15) is 14.7 Å². The fourth-order valence-electron chi connectivity index (χ4n) is 1.57. The third-order valence-electron chi connectivity index (χ3n) is 2.58. The van der Waals surface area contributed by atoms with Crippen LogP contribution in [0.2, 0.25) is 0 Å². The second-order valence-corrected chi connectivity index (χ2v) is 3.79. The first-order chi connectivity index (χ1) is 9.54. The highest BCUT2D eigenvalue weighted by atomic mass is 16.5. The van der Waals surface area contributed by atoms with Crippen LogP contribution in [-0.2, 0) is 9.53 Å². The molecule has 7 nitrogen and oxygen atoms in total. The van der Waals surface area contributed by atoms with Crippen molar-refractivity contribution >= 4 is 11.9 Å². The number of hydrogen-bond donors (Lipinski definition) is 2. The molecule has 1 aromatic carbocycles. The number of methoxy groups -OCH3 is 3. The lowest BCUT2D eigenvalue weighted by atomic mass is 10.1. The van der Waals surface area contributed by atoms with E-state index < -0.39 is 18.0 Å². The average molecular weight is 283 g/mol. The Hall–Kier alpha value is -2.28. The quantitative estimate of drug-likeness (QED) is 0.712. The first-order valence-corrected chi connectivity index (χ1v) is 5.80. The fraction of sp³-hybridized carbons (Fsp3) is 0.385. The van der Waals surface area contributed by atoms with Gasteiger partial charge in [0.1, 0.15) is 17.1 Å². The summed E-state index contributed by atoms with van der Waals surface area (Å²) >= 11 is 0. The Bertz CT molecular complexity index is 465. The van der Waals surface area contributed by atoms with Gasteiger partial charge in [-0.05, 0) is 12.1 Å². The van der Waals surface area contributed by atoms with Gasteiger partial charge in [0, 0.05) is 0 Å². The zero-order valence-electron chi connectivity index (χ0n) is 11.5. The maximum atomic E-state index is 12.1. The molecule has 1 atom stereocenters. The molecule has 0 aromatic heterocycles. The molecule has 0 heterocycles. The van der Waals surface area contributed by atoms with Gasteiger partial charge in [0.2, 0.25) is 0 Å². The van der Waals surface area contributed by atoms with Crippen LogP contribution in [0.5, 0.6) is 11.5 Å². The van der Waals surface area contributed by atoms with Crippen molar-refractivity contribution in [1.29, 1.82) is 0 Å². The highest BCUT2D eigenvalue weighted by Crippen LogP contribution is 2.27. The lowest BCUT2D eigenvalue weighted by Crippen LogP contribution is -2.37. The Morgan fingerprint density at radius 2 is 1.75 bits per heavy atom. The number of rotatable bonds is 6. The molecule has 0 bridgehead atoms. The van der Waals surface area contributed by atoms with Gasteiger partial charge in [-0.25, -0.2) is 4.79 Å². The molecule has 0 aliphatic heterocycles. The molecule has 0 saturated heterocycles. The number of ether oxygens (including phenoxy) is 3. The number of nitrogens with one attached hydrogen (secondary N) is 1. The highest BCUT2D eigenvalue weighted by molar-refractivity contribution is 5.99. The monoisotopic (exact) mass is 283 g/mol. The van der Waals surface area contributed by atoms with Gasteiger partial charge in [0.05, 0.1) is 27.9 Å². The number of aliphatic hydroxyl groups excluding tert-OH is 1. The molecule has 1 amide bonds. The SMILES string of the molecule is COC(=O)C(O)CNC(=O)c1c(OC)cccc1OC. The summed E-state index contributed by atoms with van der Waals surface area (Å²) in [5.74, 6) is -0.691. The summed E-state index contributed by atoms with van der Waals surface area (Å²) < 4.78 is 14.5. The van der Waals surface area contributed by atoms with E-state index >= 15 is 0 Å². The molecule has 0 aliphatic rings. The Kier molecular flexibility index (Phi) is 5.79. The third kappa shape index (κ3) is 3.61. The Balaban J connectivity index is 2.84. The van der Waals surface area contributed by atoms with Crippen LogP contribution in [0, 0.1) is 0 Å². The van der Waals surface area contributed by atoms with Crippen LogP contribution in [-0.4, -0.2) is 51.0 Å². The minimum Gasteiger partial charge on any atom is -0.496 e. The van der Waals surface area contributed by atoms with Crippen LogP contribution in [0.3, 0.4) is 0 Å². The highest BCUT2D eigenvalue weighted by Gasteiger charge is 2.21. The molecule has 110 valence electrons. The van der Waals surface area contributed by atoms with E-state index in [1.54, 1.807) is 18.2 Å². The number of carbonyl (C=O) groups excluding carboxylic acids is 2. The maximum Gasteiger partial charge on any atom is 0.336 e. The number of carbonyl (C=O) groups is 2. The van der Waals surface area contributed by atoms with Crippen molar-refractivity contribution in [3.63, 3.8) is 0 Å². The Labute approximate surface area is 116 Å². The molecule has 1 unspecified atom stereocenters. The summed E-state index contributed by atoms with van der Waals surface area (Å²) in [7, 11) is 4.00. The van der Waals surface area contributed by atoms with Gasteiger partial charge < -0.3 is 24.6 Å². The molecule has 0 spiro atoms. The normalized spacial score (nSPS) is 11.4. The fourth-order valence-corrected chi connectivity index (χ4v) is 1.57. The molecule has 1 aromatic rings. The van der Waals surface area contributed by atoms with Crippen LogP contribution in [0.1, 0.15) is 10.4 Å². The minimum absolute atomic E-state index is 0.189. The van der Waals surface area contributed by atoms with Crippen LogP contribution in [0.25, 0.3) is 0 Å². The number of amides is 1. The van der Waals surface area contributed by atoms with Crippen molar-refractivity contribution in [3.8, 4) is 11.5 Å². The Morgan fingerprint density at radius 3 is 2.20 bits per heavy atom. The van der Waals surface area contributed by atoms with Crippen molar-refractivity contribution in [3.05, 3.63) is 23.8 Å². The van der Waals surface area contributed by atoms with E-state index in [0.717, 1.165) is 7.11 Å². The van der Waals surface area contributed by atoms with Crippen molar-refractivity contribution in [2.24, 2.45) is 0 Å². The van der Waals surface area contributed by atoms with Crippen molar-refractivity contribution in [1.82, 2.24) is 5.32 Å². The molecule has 20 heavy (non-hydrogen) atoms. The van der Waals surface area contributed by atoms with E-state index in [2.05, 4.69) is 10.1 Å². The van der Waals surface area contributed by atoms with E-state index in [-0.39, 0.29) is 12.1 Å². The molecule has 0 radical (unpaired) electrons. The predicted octanol–water partition coefficient (Wildman–Crippen LogP) is -0.0325. The number of benzene rings is 1. The molecule has 0 aliphatic carbocycles. The van der Waals surface area contributed by atoms with Crippen LogP contribution < -0.4 is 14.8 Å². The second kappa shape index (κ2) is 7.34. The summed E-state index contributed by atoms with van der Waals surface area (Å²) in [6.07, 6.45) is -1.43. The van der Waals surface area contributed by atoms with Gasteiger partial charge in [-0.2, -0.15) is 0 Å². The van der Waals surface area contributed by atoms with E-state index in [0.29, 0.717) is 11.5 Å². The summed E-state index contributed by atoms with van der Waals surface area (Å²) in [5, 5.41) is 11.8. The molecule has 1 rings (SSSR count). The molecular formula is C13H17NO6. The molecule has 0 saturated carbocycles. The summed E-state index contributed by atoms with van der Waals surface area (Å²) in [6.45, 7) is -0.271. The first kappa shape index (κ1) is 15.8. The zero-order valence-corrected chi connectivity index (χ0v) is 11.5. The average Bonchev–Trinajstić information content (AvgIpc) is 2.50. The van der Waals surface area contributed by atoms with E-state index in [4.69, 9.17) is 9.47 Å². The van der Waals surface area contributed by atoms with E-state index in [1.165, 1.54) is 14.2 Å². The van der Waals surface area contributed by atoms with Crippen molar-refractivity contribution in [2.45, 2.75) is 6.10 Å². The van der Waals surface area contributed by atoms with Crippen LogP contribution >= 0.6 is 0 Å². The maximum absolute atomic E-state index is 12.1. The molecular weight excluding hydrogens is 266 g/mol. The number of hydrogen-bond acceptors (Lipinski definition) is 6. The summed E-state index contributed by atoms with van der Waals surface area (Å²) in [6, 6.07) is 4.89. The van der Waals surface area contributed by atoms with Gasteiger partial charge in [0.15, 0.2) is 6.10 Å². The van der Waals surface area contributed by atoms with Gasteiger partial charge in [-0.3, -0.25) is 4.79 Å². The number of aliphatic hydroxyl groups is 1. The smallest absolute Gasteiger partial charge is 0.336 e. The van der Waals surface area contributed by atoms with Crippen LogP contribution in [0.15, 0.2) is 18.2 Å². The number of esters is 1. The predicted molar refractivity (Wildman–Crippen MR) is 69.9 cm³/mol. The van der Waals surface area contributed by atoms with Crippen molar-refractivity contribution in [2.75, 3.05) is 27.9 Å². The topological polar surface area (TPSA) is 94.1 Å². The molecule has 7 heteroatoms. The summed E-state index contributed by atoms with van der Waals surface area (Å²) in [5.41, 5.74) is 0.189. The van der Waals surface area contributed by atoms with E-state index in [1.807, 2.05) is 0 Å². The third-order valence-corrected chi connectivity index (χ3v) is 2.58. The second-order valence-electron chi connectivity index (χ2n) is 3.79. The lowest BCUT2D eigenvalue weighted by Gasteiger charge is -2.14. The lowest BCUT2D eigenvalue weighted by molar-refractivity contribution is -0.149.